The van der Waals surface area contributed by atoms with Gasteiger partial charge in [-0.15, -0.1) is 0 Å². The lowest BCUT2D eigenvalue weighted by Gasteiger charge is -2.25. The van der Waals surface area contributed by atoms with Gasteiger partial charge in [-0.1, -0.05) is 12.1 Å². The lowest BCUT2D eigenvalue weighted by atomic mass is 10.0. The number of hydrogen-bond donors (Lipinski definition) is 1. The number of amides is 2. The molecule has 1 heterocycles. The normalized spacial score (nSPS) is 16.5. The molecular weight excluding hydrogens is 361 g/mol. The van der Waals surface area contributed by atoms with Crippen LogP contribution in [0.15, 0.2) is 42.5 Å². The summed E-state index contributed by atoms with van der Waals surface area (Å²) in [6.07, 6.45) is 1.51. The van der Waals surface area contributed by atoms with Crippen molar-refractivity contribution in [2.45, 2.75) is 25.5 Å². The highest BCUT2D eigenvalue weighted by Gasteiger charge is 2.30. The molecule has 8 heteroatoms. The molecule has 1 aliphatic rings. The molecule has 1 saturated heterocycles. The van der Waals surface area contributed by atoms with Crippen LogP contribution in [0.2, 0.25) is 0 Å². The SMILES string of the molecule is COc1ccc(NC(=O)N2CCCC2c2cccc(F)c2)cc1OC(F)F. The van der Waals surface area contributed by atoms with Crippen molar-refractivity contribution in [2.75, 3.05) is 19.0 Å². The van der Waals surface area contributed by atoms with Crippen LogP contribution < -0.4 is 14.8 Å². The summed E-state index contributed by atoms with van der Waals surface area (Å²) < 4.78 is 48.0. The molecule has 2 aromatic rings. The van der Waals surface area contributed by atoms with Gasteiger partial charge in [0.25, 0.3) is 0 Å². The summed E-state index contributed by atoms with van der Waals surface area (Å²) in [6.45, 7) is -2.50. The summed E-state index contributed by atoms with van der Waals surface area (Å²) in [4.78, 5) is 14.3. The van der Waals surface area contributed by atoms with E-state index in [9.17, 15) is 18.0 Å². The average molecular weight is 380 g/mol. The molecule has 1 aliphatic heterocycles. The van der Waals surface area contributed by atoms with Crippen LogP contribution in [0.1, 0.15) is 24.4 Å². The van der Waals surface area contributed by atoms with Crippen molar-refractivity contribution in [3.8, 4) is 11.5 Å². The van der Waals surface area contributed by atoms with Crippen molar-refractivity contribution in [3.05, 3.63) is 53.8 Å². The minimum absolute atomic E-state index is 0.132. The third kappa shape index (κ3) is 4.45. The van der Waals surface area contributed by atoms with Gasteiger partial charge in [0.1, 0.15) is 5.82 Å². The highest BCUT2D eigenvalue weighted by Crippen LogP contribution is 2.34. The standard InChI is InChI=1S/C19H19F3N2O3/c1-26-16-8-7-14(11-17(16)27-18(21)22)23-19(25)24-9-3-6-15(24)12-4-2-5-13(20)10-12/h2,4-5,7-8,10-11,15,18H,3,6,9H2,1H3,(H,23,25). The van der Waals surface area contributed by atoms with Crippen molar-refractivity contribution < 1.29 is 27.4 Å². The number of hydrogen-bond acceptors (Lipinski definition) is 3. The van der Waals surface area contributed by atoms with Crippen LogP contribution in [0.5, 0.6) is 11.5 Å². The number of carbonyl (C=O) groups is 1. The Labute approximate surface area is 154 Å². The molecular formula is C19H19F3N2O3. The predicted molar refractivity (Wildman–Crippen MR) is 93.7 cm³/mol. The van der Waals surface area contributed by atoms with E-state index in [2.05, 4.69) is 10.1 Å². The van der Waals surface area contributed by atoms with Crippen LogP contribution in [0.4, 0.5) is 23.7 Å². The summed E-state index contributed by atoms with van der Waals surface area (Å²) in [6, 6.07) is 9.76. The number of urea groups is 1. The number of rotatable bonds is 5. The van der Waals surface area contributed by atoms with Gasteiger partial charge < -0.3 is 19.7 Å². The molecule has 2 aromatic carbocycles. The number of likely N-dealkylation sites (tertiary alicyclic amines) is 1. The molecule has 1 atom stereocenters. The minimum Gasteiger partial charge on any atom is -0.493 e. The zero-order valence-electron chi connectivity index (χ0n) is 14.6. The Balaban J connectivity index is 1.76. The van der Waals surface area contributed by atoms with Crippen LogP contribution in [-0.2, 0) is 0 Å². The Bertz CT molecular complexity index is 817. The van der Waals surface area contributed by atoms with Crippen molar-refractivity contribution in [1.82, 2.24) is 4.90 Å². The Hall–Kier alpha value is -2.90. The maximum absolute atomic E-state index is 13.5. The molecule has 27 heavy (non-hydrogen) atoms. The largest absolute Gasteiger partial charge is 0.493 e. The van der Waals surface area contributed by atoms with Crippen LogP contribution in [0.25, 0.3) is 0 Å². The second-order valence-corrected chi connectivity index (χ2v) is 6.08. The van der Waals surface area contributed by atoms with Gasteiger partial charge in [0.15, 0.2) is 11.5 Å². The Kier molecular flexibility index (Phi) is 5.73. The number of benzene rings is 2. The van der Waals surface area contributed by atoms with Gasteiger partial charge in [-0.3, -0.25) is 0 Å². The number of alkyl halides is 2. The zero-order valence-corrected chi connectivity index (χ0v) is 14.6. The summed E-state index contributed by atoms with van der Waals surface area (Å²) in [7, 11) is 1.33. The molecule has 3 rings (SSSR count). The van der Waals surface area contributed by atoms with E-state index in [1.807, 2.05) is 0 Å². The second kappa shape index (κ2) is 8.20. The van der Waals surface area contributed by atoms with Crippen LogP contribution in [0, 0.1) is 5.82 Å². The lowest BCUT2D eigenvalue weighted by molar-refractivity contribution is -0.0511. The quantitative estimate of drug-likeness (QED) is 0.810. The number of ether oxygens (including phenoxy) is 2. The fourth-order valence-electron chi connectivity index (χ4n) is 3.21. The summed E-state index contributed by atoms with van der Waals surface area (Å²) in [5, 5.41) is 2.68. The van der Waals surface area contributed by atoms with Crippen molar-refractivity contribution >= 4 is 11.7 Å². The topological polar surface area (TPSA) is 50.8 Å². The van der Waals surface area contributed by atoms with Gasteiger partial charge in [0.2, 0.25) is 0 Å². The molecule has 2 amide bonds. The monoisotopic (exact) mass is 380 g/mol. The van der Waals surface area contributed by atoms with Crippen molar-refractivity contribution in [1.29, 1.82) is 0 Å². The highest BCUT2D eigenvalue weighted by atomic mass is 19.3. The number of anilines is 1. The molecule has 144 valence electrons. The van der Waals surface area contributed by atoms with E-state index >= 15 is 0 Å². The van der Waals surface area contributed by atoms with Crippen LogP contribution >= 0.6 is 0 Å². The summed E-state index contributed by atoms with van der Waals surface area (Å²) in [5.74, 6) is -0.399. The predicted octanol–water partition coefficient (Wildman–Crippen LogP) is 4.80. The van der Waals surface area contributed by atoms with E-state index in [1.54, 1.807) is 17.0 Å². The number of carbonyl (C=O) groups excluding carboxylic acids is 1. The van der Waals surface area contributed by atoms with Gasteiger partial charge in [0, 0.05) is 18.3 Å². The molecule has 1 fully saturated rings. The minimum atomic E-state index is -3.01. The number of nitrogens with one attached hydrogen (secondary N) is 1. The van der Waals surface area contributed by atoms with Crippen LogP contribution in [0.3, 0.4) is 0 Å². The second-order valence-electron chi connectivity index (χ2n) is 6.08. The van der Waals surface area contributed by atoms with E-state index in [1.165, 1.54) is 37.4 Å². The van der Waals surface area contributed by atoms with E-state index in [-0.39, 0.29) is 23.4 Å². The Morgan fingerprint density at radius 2 is 2.04 bits per heavy atom. The van der Waals surface area contributed by atoms with E-state index in [4.69, 9.17) is 4.74 Å². The van der Waals surface area contributed by atoms with Crippen molar-refractivity contribution in [3.63, 3.8) is 0 Å². The molecule has 0 radical (unpaired) electrons. The molecule has 0 aromatic heterocycles. The van der Waals surface area contributed by atoms with Gasteiger partial charge in [-0.25, -0.2) is 9.18 Å². The average Bonchev–Trinajstić information content (AvgIpc) is 3.11. The first-order valence-corrected chi connectivity index (χ1v) is 8.44. The molecule has 0 saturated carbocycles. The maximum atomic E-state index is 13.5. The number of nitrogens with zero attached hydrogens (tertiary/aromatic N) is 1. The molecule has 0 aliphatic carbocycles. The smallest absolute Gasteiger partial charge is 0.387 e. The van der Waals surface area contributed by atoms with Gasteiger partial charge in [-0.2, -0.15) is 8.78 Å². The van der Waals surface area contributed by atoms with Gasteiger partial charge in [0.05, 0.1) is 13.2 Å². The van der Waals surface area contributed by atoms with E-state index < -0.39 is 12.6 Å². The Morgan fingerprint density at radius 3 is 2.74 bits per heavy atom. The summed E-state index contributed by atoms with van der Waals surface area (Å²) in [5.41, 5.74) is 1.01. The Morgan fingerprint density at radius 1 is 1.22 bits per heavy atom. The maximum Gasteiger partial charge on any atom is 0.387 e. The molecule has 1 unspecified atom stereocenters. The lowest BCUT2D eigenvalue weighted by Crippen LogP contribution is -2.34. The molecule has 1 N–H and O–H groups in total. The zero-order chi connectivity index (χ0) is 19.4. The molecule has 0 spiro atoms. The summed E-state index contributed by atoms with van der Waals surface area (Å²) >= 11 is 0. The van der Waals surface area contributed by atoms with Crippen LogP contribution in [-0.4, -0.2) is 31.2 Å². The van der Waals surface area contributed by atoms with E-state index in [0.717, 1.165) is 18.4 Å². The first-order chi connectivity index (χ1) is 13.0. The van der Waals surface area contributed by atoms with Crippen molar-refractivity contribution in [2.24, 2.45) is 0 Å². The first-order valence-electron chi connectivity index (χ1n) is 8.44. The third-order valence-electron chi connectivity index (χ3n) is 4.38. The van der Waals surface area contributed by atoms with Gasteiger partial charge >= 0.3 is 12.6 Å². The fraction of sp³-hybridized carbons (Fsp3) is 0.316. The molecule has 0 bridgehead atoms. The highest BCUT2D eigenvalue weighted by molar-refractivity contribution is 5.90. The number of halogens is 3. The third-order valence-corrected chi connectivity index (χ3v) is 4.38. The first kappa shape index (κ1) is 18.9. The van der Waals surface area contributed by atoms with E-state index in [0.29, 0.717) is 12.2 Å². The number of methoxy groups -OCH3 is 1. The molecule has 5 nitrogen and oxygen atoms in total. The fourth-order valence-corrected chi connectivity index (χ4v) is 3.21. The van der Waals surface area contributed by atoms with Gasteiger partial charge in [-0.05, 0) is 42.7 Å².